The van der Waals surface area contributed by atoms with E-state index in [9.17, 15) is 18.0 Å². The van der Waals surface area contributed by atoms with Crippen LogP contribution in [0.4, 0.5) is 13.2 Å². The van der Waals surface area contributed by atoms with Gasteiger partial charge in [0.05, 0.1) is 6.61 Å². The summed E-state index contributed by atoms with van der Waals surface area (Å²) in [5.41, 5.74) is 0.619. The third-order valence-corrected chi connectivity index (χ3v) is 2.04. The Labute approximate surface area is 108 Å². The largest absolute Gasteiger partial charge is 0.405 e. The molecule has 0 radical (unpaired) electrons. The van der Waals surface area contributed by atoms with Crippen molar-refractivity contribution >= 4 is 5.91 Å². The third-order valence-electron chi connectivity index (χ3n) is 2.04. The van der Waals surface area contributed by atoms with Gasteiger partial charge in [0.1, 0.15) is 6.54 Å². The highest BCUT2D eigenvalue weighted by molar-refractivity contribution is 5.94. The standard InChI is InChI=1S/C13H12F3NO2/c14-13(15,16)9-17-12(19)11-6-3-5-10(8-11)4-1-2-7-18/h3,5-6,8,18H,2,7,9H2,(H,17,19). The first-order chi connectivity index (χ1) is 8.92. The van der Waals surface area contributed by atoms with Crippen LogP contribution in [0.1, 0.15) is 22.3 Å². The second-order valence-corrected chi connectivity index (χ2v) is 3.65. The van der Waals surface area contributed by atoms with Crippen molar-refractivity contribution in [3.05, 3.63) is 35.4 Å². The normalized spacial score (nSPS) is 10.5. The van der Waals surface area contributed by atoms with E-state index in [1.165, 1.54) is 18.2 Å². The van der Waals surface area contributed by atoms with Crippen molar-refractivity contribution in [1.29, 1.82) is 0 Å². The maximum atomic E-state index is 12.0. The van der Waals surface area contributed by atoms with Crippen LogP contribution in [0.2, 0.25) is 0 Å². The molecule has 19 heavy (non-hydrogen) atoms. The molecule has 1 aromatic rings. The molecule has 0 aliphatic rings. The number of hydrogen-bond acceptors (Lipinski definition) is 2. The molecular weight excluding hydrogens is 259 g/mol. The summed E-state index contributed by atoms with van der Waals surface area (Å²) in [6.45, 7) is -1.44. The topological polar surface area (TPSA) is 49.3 Å². The van der Waals surface area contributed by atoms with Gasteiger partial charge in [-0.25, -0.2) is 0 Å². The molecule has 1 aromatic carbocycles. The van der Waals surface area contributed by atoms with Crippen LogP contribution in [0, 0.1) is 11.8 Å². The molecule has 102 valence electrons. The highest BCUT2D eigenvalue weighted by Gasteiger charge is 2.27. The fourth-order valence-electron chi connectivity index (χ4n) is 1.24. The van der Waals surface area contributed by atoms with Crippen LogP contribution in [0.15, 0.2) is 24.3 Å². The number of halogens is 3. The van der Waals surface area contributed by atoms with E-state index < -0.39 is 18.6 Å². The fourth-order valence-corrected chi connectivity index (χ4v) is 1.24. The van der Waals surface area contributed by atoms with Gasteiger partial charge in [-0.1, -0.05) is 17.9 Å². The summed E-state index contributed by atoms with van der Waals surface area (Å²) in [6, 6.07) is 5.97. The molecule has 0 aliphatic carbocycles. The molecule has 0 atom stereocenters. The van der Waals surface area contributed by atoms with Gasteiger partial charge in [0.15, 0.2) is 0 Å². The van der Waals surface area contributed by atoms with Gasteiger partial charge >= 0.3 is 6.18 Å². The van der Waals surface area contributed by atoms with Gasteiger partial charge in [-0.15, -0.1) is 0 Å². The minimum Gasteiger partial charge on any atom is -0.395 e. The highest BCUT2D eigenvalue weighted by atomic mass is 19.4. The second-order valence-electron chi connectivity index (χ2n) is 3.65. The van der Waals surface area contributed by atoms with Crippen LogP contribution >= 0.6 is 0 Å². The number of hydrogen-bond donors (Lipinski definition) is 2. The van der Waals surface area contributed by atoms with E-state index in [1.807, 2.05) is 0 Å². The molecule has 0 heterocycles. The molecule has 0 spiro atoms. The van der Waals surface area contributed by atoms with E-state index in [1.54, 1.807) is 11.4 Å². The van der Waals surface area contributed by atoms with Crippen molar-refractivity contribution in [3.8, 4) is 11.8 Å². The van der Waals surface area contributed by atoms with E-state index in [-0.39, 0.29) is 12.2 Å². The Morgan fingerprint density at radius 1 is 1.37 bits per heavy atom. The third kappa shape index (κ3) is 5.93. The minimum absolute atomic E-state index is 0.0707. The molecule has 2 N–H and O–H groups in total. The van der Waals surface area contributed by atoms with Gasteiger partial charge in [0.25, 0.3) is 5.91 Å². The summed E-state index contributed by atoms with van der Waals surface area (Å²) in [5, 5.41) is 10.3. The van der Waals surface area contributed by atoms with E-state index in [4.69, 9.17) is 5.11 Å². The molecule has 0 fully saturated rings. The van der Waals surface area contributed by atoms with Crippen LogP contribution in [-0.4, -0.2) is 30.3 Å². The smallest absolute Gasteiger partial charge is 0.395 e. The predicted octanol–water partition coefficient (Wildman–Crippen LogP) is 1.71. The predicted molar refractivity (Wildman–Crippen MR) is 63.4 cm³/mol. The number of alkyl halides is 3. The molecule has 0 bridgehead atoms. The lowest BCUT2D eigenvalue weighted by molar-refractivity contribution is -0.123. The van der Waals surface area contributed by atoms with Gasteiger partial charge in [0, 0.05) is 17.5 Å². The number of carbonyl (C=O) groups is 1. The monoisotopic (exact) mass is 271 g/mol. The number of aliphatic hydroxyl groups is 1. The molecular formula is C13H12F3NO2. The van der Waals surface area contributed by atoms with Crippen LogP contribution in [-0.2, 0) is 0 Å². The molecule has 0 saturated heterocycles. The van der Waals surface area contributed by atoms with Crippen molar-refractivity contribution < 1.29 is 23.1 Å². The summed E-state index contributed by atoms with van der Waals surface area (Å²) in [4.78, 5) is 11.5. The number of carbonyl (C=O) groups excluding carboxylic acids is 1. The average Bonchev–Trinajstić information content (AvgIpc) is 2.36. The quantitative estimate of drug-likeness (QED) is 0.822. The lowest BCUT2D eigenvalue weighted by Crippen LogP contribution is -2.33. The fraction of sp³-hybridized carbons (Fsp3) is 0.308. The summed E-state index contributed by atoms with van der Waals surface area (Å²) in [5.74, 6) is 4.56. The zero-order chi connectivity index (χ0) is 14.3. The zero-order valence-electron chi connectivity index (χ0n) is 9.92. The van der Waals surface area contributed by atoms with Gasteiger partial charge < -0.3 is 10.4 Å². The molecule has 0 aliphatic heterocycles. The van der Waals surface area contributed by atoms with Crippen LogP contribution in [0.25, 0.3) is 0 Å². The Bertz CT molecular complexity index is 501. The zero-order valence-corrected chi connectivity index (χ0v) is 9.92. The van der Waals surface area contributed by atoms with Crippen molar-refractivity contribution in [1.82, 2.24) is 5.32 Å². The van der Waals surface area contributed by atoms with Crippen molar-refractivity contribution in [2.45, 2.75) is 12.6 Å². The van der Waals surface area contributed by atoms with Crippen LogP contribution in [0.3, 0.4) is 0 Å². The number of aliphatic hydroxyl groups excluding tert-OH is 1. The first-order valence-corrected chi connectivity index (χ1v) is 5.47. The Morgan fingerprint density at radius 2 is 2.11 bits per heavy atom. The molecule has 1 amide bonds. The Hall–Kier alpha value is -2.00. The van der Waals surface area contributed by atoms with Crippen LogP contribution in [0.5, 0.6) is 0 Å². The molecule has 3 nitrogen and oxygen atoms in total. The number of rotatable bonds is 3. The second kappa shape index (κ2) is 6.81. The number of benzene rings is 1. The minimum atomic E-state index is -4.44. The van der Waals surface area contributed by atoms with Crippen molar-refractivity contribution in [2.24, 2.45) is 0 Å². The Balaban J connectivity index is 2.71. The van der Waals surface area contributed by atoms with Gasteiger partial charge in [-0.2, -0.15) is 13.2 Å². The van der Waals surface area contributed by atoms with Crippen molar-refractivity contribution in [2.75, 3.05) is 13.2 Å². The number of nitrogens with one attached hydrogen (secondary N) is 1. The van der Waals surface area contributed by atoms with E-state index in [0.717, 1.165) is 0 Å². The van der Waals surface area contributed by atoms with E-state index in [0.29, 0.717) is 12.0 Å². The summed E-state index contributed by atoms with van der Waals surface area (Å²) >= 11 is 0. The van der Waals surface area contributed by atoms with Crippen LogP contribution < -0.4 is 5.32 Å². The molecule has 0 unspecified atom stereocenters. The lowest BCUT2D eigenvalue weighted by Gasteiger charge is -2.08. The van der Waals surface area contributed by atoms with E-state index in [2.05, 4.69) is 11.8 Å². The maximum absolute atomic E-state index is 12.0. The Morgan fingerprint density at radius 3 is 2.74 bits per heavy atom. The first kappa shape index (κ1) is 15.1. The van der Waals surface area contributed by atoms with Gasteiger partial charge in [-0.05, 0) is 18.2 Å². The highest BCUT2D eigenvalue weighted by Crippen LogP contribution is 2.13. The molecule has 1 rings (SSSR count). The Kier molecular flexibility index (Phi) is 5.39. The van der Waals surface area contributed by atoms with Crippen molar-refractivity contribution in [3.63, 3.8) is 0 Å². The van der Waals surface area contributed by atoms with Gasteiger partial charge in [-0.3, -0.25) is 4.79 Å². The maximum Gasteiger partial charge on any atom is 0.405 e. The summed E-state index contributed by atoms with van der Waals surface area (Å²) in [7, 11) is 0. The molecule has 0 saturated carbocycles. The molecule has 0 aromatic heterocycles. The number of amides is 1. The summed E-state index contributed by atoms with van der Waals surface area (Å²) in [6.07, 6.45) is -4.14. The molecule has 6 heteroatoms. The average molecular weight is 271 g/mol. The lowest BCUT2D eigenvalue weighted by atomic mass is 10.1. The van der Waals surface area contributed by atoms with E-state index >= 15 is 0 Å². The summed E-state index contributed by atoms with van der Waals surface area (Å²) < 4.78 is 35.9. The SMILES string of the molecule is O=C(NCC(F)(F)F)c1cccc(C#CCCO)c1. The first-order valence-electron chi connectivity index (χ1n) is 5.47. The van der Waals surface area contributed by atoms with Gasteiger partial charge in [0.2, 0.25) is 0 Å².